The van der Waals surface area contributed by atoms with E-state index in [2.05, 4.69) is 15.8 Å². The fourth-order valence-electron chi connectivity index (χ4n) is 2.08. The van der Waals surface area contributed by atoms with Crippen LogP contribution in [0.1, 0.15) is 25.5 Å². The molecule has 0 aliphatic heterocycles. The Morgan fingerprint density at radius 2 is 1.91 bits per heavy atom. The van der Waals surface area contributed by atoms with Gasteiger partial charge < -0.3 is 4.98 Å². The van der Waals surface area contributed by atoms with Crippen LogP contribution in [-0.4, -0.2) is 19.2 Å². The number of hydrogen-bond acceptors (Lipinski definition) is 3. The second kappa shape index (κ2) is 7.14. The summed E-state index contributed by atoms with van der Waals surface area (Å²) in [6, 6.07) is 13.4. The number of anilines is 1. The van der Waals surface area contributed by atoms with Crippen LogP contribution in [0.3, 0.4) is 0 Å². The lowest BCUT2D eigenvalue weighted by Gasteiger charge is -2.06. The fraction of sp³-hybridized carbons (Fsp3) is 0.312. The zero-order chi connectivity index (χ0) is 16.0. The molecule has 0 aliphatic rings. The van der Waals surface area contributed by atoms with E-state index in [4.69, 9.17) is 5.26 Å². The van der Waals surface area contributed by atoms with E-state index >= 15 is 0 Å². The molecule has 0 radical (unpaired) electrons. The molecule has 1 aromatic heterocycles. The normalized spacial score (nSPS) is 11.1. The highest BCUT2D eigenvalue weighted by atomic mass is 32.2. The number of nitriles is 1. The first-order valence-electron chi connectivity index (χ1n) is 7.20. The first-order valence-corrected chi connectivity index (χ1v) is 8.85. The quantitative estimate of drug-likeness (QED) is 0.768. The lowest BCUT2D eigenvalue weighted by Crippen LogP contribution is -2.14. The number of hydrogen-bond donors (Lipinski definition) is 2. The average Bonchev–Trinajstić information content (AvgIpc) is 2.97. The van der Waals surface area contributed by atoms with Crippen LogP contribution in [0.5, 0.6) is 0 Å². The van der Waals surface area contributed by atoms with E-state index in [0.717, 1.165) is 29.8 Å². The standard InChI is InChI=1S/C16H19N3O2S/c1-2-22(20,21)19-15-8-6-13(7-9-15)16-11-10-14(18-16)5-3-4-12-17/h6-11,18-19H,2-5H2,1H3. The first kappa shape index (κ1) is 16.1. The summed E-state index contributed by atoms with van der Waals surface area (Å²) in [4.78, 5) is 3.32. The molecule has 0 saturated carbocycles. The molecule has 6 heteroatoms. The smallest absolute Gasteiger partial charge is 0.232 e. The average molecular weight is 317 g/mol. The molecular weight excluding hydrogens is 298 g/mol. The third kappa shape index (κ3) is 4.37. The van der Waals surface area contributed by atoms with Crippen molar-refractivity contribution in [2.24, 2.45) is 0 Å². The summed E-state index contributed by atoms with van der Waals surface area (Å²) < 4.78 is 25.5. The Balaban J connectivity index is 2.06. The van der Waals surface area contributed by atoms with E-state index < -0.39 is 10.0 Å². The molecule has 0 fully saturated rings. The molecule has 1 aromatic carbocycles. The minimum atomic E-state index is -3.24. The van der Waals surface area contributed by atoms with Gasteiger partial charge in [0.1, 0.15) is 0 Å². The van der Waals surface area contributed by atoms with Gasteiger partial charge in [-0.2, -0.15) is 5.26 Å². The number of aromatic amines is 1. The molecule has 0 atom stereocenters. The Hall–Kier alpha value is -2.26. The van der Waals surface area contributed by atoms with Crippen molar-refractivity contribution in [1.82, 2.24) is 4.98 Å². The van der Waals surface area contributed by atoms with Gasteiger partial charge in [0.05, 0.1) is 11.8 Å². The maximum Gasteiger partial charge on any atom is 0.232 e. The summed E-state index contributed by atoms with van der Waals surface area (Å²) in [7, 11) is -3.24. The summed E-state index contributed by atoms with van der Waals surface area (Å²) in [5.41, 5.74) is 3.63. The van der Waals surface area contributed by atoms with Gasteiger partial charge >= 0.3 is 0 Å². The fourth-order valence-corrected chi connectivity index (χ4v) is 2.72. The molecule has 1 heterocycles. The SMILES string of the molecule is CCS(=O)(=O)Nc1ccc(-c2ccc(CCCC#N)[nH]2)cc1. The molecule has 2 N–H and O–H groups in total. The van der Waals surface area contributed by atoms with Crippen LogP contribution in [0.25, 0.3) is 11.3 Å². The zero-order valence-corrected chi connectivity index (χ0v) is 13.3. The van der Waals surface area contributed by atoms with Gasteiger partial charge in [0.25, 0.3) is 0 Å². The summed E-state index contributed by atoms with van der Waals surface area (Å²) in [6.07, 6.45) is 2.25. The minimum Gasteiger partial charge on any atom is -0.358 e. The van der Waals surface area contributed by atoms with Crippen LogP contribution in [0.15, 0.2) is 36.4 Å². The molecule has 2 rings (SSSR count). The number of rotatable bonds is 7. The Kier molecular flexibility index (Phi) is 5.23. The lowest BCUT2D eigenvalue weighted by molar-refractivity contribution is 0.602. The first-order chi connectivity index (χ1) is 10.5. The molecule has 5 nitrogen and oxygen atoms in total. The van der Waals surface area contributed by atoms with Gasteiger partial charge in [0.15, 0.2) is 0 Å². The summed E-state index contributed by atoms with van der Waals surface area (Å²) in [6.45, 7) is 1.60. The molecular formula is C16H19N3O2S. The van der Waals surface area contributed by atoms with Crippen molar-refractivity contribution < 1.29 is 8.42 Å². The summed E-state index contributed by atoms with van der Waals surface area (Å²) in [5.74, 6) is 0.0530. The number of nitrogens with one attached hydrogen (secondary N) is 2. The summed E-state index contributed by atoms with van der Waals surface area (Å²) >= 11 is 0. The van der Waals surface area contributed by atoms with Gasteiger partial charge in [-0.1, -0.05) is 12.1 Å². The zero-order valence-electron chi connectivity index (χ0n) is 12.5. The van der Waals surface area contributed by atoms with E-state index in [9.17, 15) is 8.42 Å². The van der Waals surface area contributed by atoms with Crippen molar-refractivity contribution in [3.63, 3.8) is 0 Å². The molecule has 2 aromatic rings. The van der Waals surface area contributed by atoms with Crippen LogP contribution in [0.2, 0.25) is 0 Å². The highest BCUT2D eigenvalue weighted by molar-refractivity contribution is 7.92. The maximum absolute atomic E-state index is 11.5. The molecule has 0 spiro atoms. The number of nitrogens with zero attached hydrogens (tertiary/aromatic N) is 1. The van der Waals surface area contributed by atoms with Crippen molar-refractivity contribution in [2.45, 2.75) is 26.2 Å². The largest absolute Gasteiger partial charge is 0.358 e. The Bertz CT molecular complexity index is 755. The predicted molar refractivity (Wildman–Crippen MR) is 87.9 cm³/mol. The summed E-state index contributed by atoms with van der Waals surface area (Å²) in [5, 5.41) is 8.54. The van der Waals surface area contributed by atoms with Crippen LogP contribution >= 0.6 is 0 Å². The third-order valence-electron chi connectivity index (χ3n) is 3.33. The van der Waals surface area contributed by atoms with Crippen LogP contribution in [0, 0.1) is 11.3 Å². The molecule has 0 amide bonds. The van der Waals surface area contributed by atoms with E-state index in [-0.39, 0.29) is 5.75 Å². The number of unbranched alkanes of at least 4 members (excludes halogenated alkanes) is 1. The Morgan fingerprint density at radius 1 is 1.18 bits per heavy atom. The van der Waals surface area contributed by atoms with Gasteiger partial charge in [-0.25, -0.2) is 8.42 Å². The molecule has 0 saturated heterocycles. The van der Waals surface area contributed by atoms with Crippen LogP contribution in [-0.2, 0) is 16.4 Å². The van der Waals surface area contributed by atoms with Gasteiger partial charge in [-0.15, -0.1) is 0 Å². The molecule has 0 aliphatic carbocycles. The third-order valence-corrected chi connectivity index (χ3v) is 4.64. The van der Waals surface area contributed by atoms with E-state index in [0.29, 0.717) is 12.1 Å². The number of aromatic nitrogens is 1. The van der Waals surface area contributed by atoms with Gasteiger partial charge in [0, 0.05) is 23.5 Å². The van der Waals surface area contributed by atoms with E-state index in [1.54, 1.807) is 19.1 Å². The van der Waals surface area contributed by atoms with Crippen LogP contribution < -0.4 is 4.72 Å². The monoisotopic (exact) mass is 317 g/mol. The van der Waals surface area contributed by atoms with Crippen LogP contribution in [0.4, 0.5) is 5.69 Å². The van der Waals surface area contributed by atoms with Crippen molar-refractivity contribution >= 4 is 15.7 Å². The number of benzene rings is 1. The van der Waals surface area contributed by atoms with Crippen molar-refractivity contribution in [3.8, 4) is 17.3 Å². The molecule has 116 valence electrons. The number of sulfonamides is 1. The second-order valence-corrected chi connectivity index (χ2v) is 7.00. The number of aryl methyl sites for hydroxylation is 1. The highest BCUT2D eigenvalue weighted by Gasteiger charge is 2.07. The minimum absolute atomic E-state index is 0.0530. The van der Waals surface area contributed by atoms with Crippen molar-refractivity contribution in [1.29, 1.82) is 5.26 Å². The van der Waals surface area contributed by atoms with E-state index in [1.165, 1.54) is 0 Å². The molecule has 0 unspecified atom stereocenters. The topological polar surface area (TPSA) is 85.8 Å². The second-order valence-electron chi connectivity index (χ2n) is 4.99. The van der Waals surface area contributed by atoms with Gasteiger partial charge in [0.2, 0.25) is 10.0 Å². The molecule has 0 bridgehead atoms. The Labute approximate surface area is 131 Å². The number of H-pyrrole nitrogens is 1. The maximum atomic E-state index is 11.5. The predicted octanol–water partition coefficient (Wildman–Crippen LogP) is 3.29. The van der Waals surface area contributed by atoms with Gasteiger partial charge in [-0.05, 0) is 49.6 Å². The van der Waals surface area contributed by atoms with Crippen molar-refractivity contribution in [2.75, 3.05) is 10.5 Å². The van der Waals surface area contributed by atoms with E-state index in [1.807, 2.05) is 24.3 Å². The Morgan fingerprint density at radius 3 is 2.55 bits per heavy atom. The van der Waals surface area contributed by atoms with Crippen molar-refractivity contribution in [3.05, 3.63) is 42.1 Å². The highest BCUT2D eigenvalue weighted by Crippen LogP contribution is 2.22. The lowest BCUT2D eigenvalue weighted by atomic mass is 10.1. The molecule has 22 heavy (non-hydrogen) atoms. The van der Waals surface area contributed by atoms with Gasteiger partial charge in [-0.3, -0.25) is 4.72 Å².